The third-order valence-corrected chi connectivity index (χ3v) is 5.59. The highest BCUT2D eigenvalue weighted by molar-refractivity contribution is 5.12. The first-order valence-electron chi connectivity index (χ1n) is 5.87. The van der Waals surface area contributed by atoms with Crippen molar-refractivity contribution in [2.45, 2.75) is 44.9 Å². The van der Waals surface area contributed by atoms with E-state index in [9.17, 15) is 0 Å². The molecule has 0 aromatic carbocycles. The van der Waals surface area contributed by atoms with Gasteiger partial charge in [0.1, 0.15) is 0 Å². The second-order valence-electron chi connectivity index (χ2n) is 6.04. The van der Waals surface area contributed by atoms with Crippen molar-refractivity contribution in [1.29, 1.82) is 0 Å². The van der Waals surface area contributed by atoms with E-state index in [0.717, 1.165) is 5.41 Å². The lowest BCUT2D eigenvalue weighted by Gasteiger charge is -2.55. The van der Waals surface area contributed by atoms with Crippen LogP contribution < -0.4 is 0 Å². The third kappa shape index (κ3) is 0.592. The van der Waals surface area contributed by atoms with Gasteiger partial charge in [-0.05, 0) is 74.0 Å². The first-order valence-corrected chi connectivity index (χ1v) is 5.87. The molecule has 5 aliphatic rings. The lowest BCUT2D eigenvalue weighted by molar-refractivity contribution is -0.0517. The van der Waals surface area contributed by atoms with Crippen molar-refractivity contribution in [2.24, 2.45) is 29.1 Å². The Morgan fingerprint density at radius 3 is 1.58 bits per heavy atom. The van der Waals surface area contributed by atoms with Gasteiger partial charge in [0.25, 0.3) is 0 Å². The summed E-state index contributed by atoms with van der Waals surface area (Å²) in [6, 6.07) is 0. The Kier molecular flexibility index (Phi) is 0.946. The lowest BCUT2D eigenvalue weighted by atomic mass is 9.50. The third-order valence-electron chi connectivity index (χ3n) is 5.59. The quantitative estimate of drug-likeness (QED) is 0.513. The smallest absolute Gasteiger partial charge is 0.0240 e. The van der Waals surface area contributed by atoms with Crippen LogP contribution in [0.5, 0.6) is 0 Å². The summed E-state index contributed by atoms with van der Waals surface area (Å²) in [6.45, 7) is 0. The van der Waals surface area contributed by atoms with E-state index in [4.69, 9.17) is 0 Å². The molecule has 5 fully saturated rings. The zero-order valence-electron chi connectivity index (χ0n) is 7.76. The largest absolute Gasteiger partial charge is 0.0475 e. The van der Waals surface area contributed by atoms with E-state index in [1.165, 1.54) is 23.7 Å². The molecule has 12 heavy (non-hydrogen) atoms. The van der Waals surface area contributed by atoms with Crippen LogP contribution in [0.4, 0.5) is 0 Å². The van der Waals surface area contributed by atoms with Crippen LogP contribution in [0.1, 0.15) is 44.9 Å². The van der Waals surface area contributed by atoms with Crippen LogP contribution in [0.3, 0.4) is 0 Å². The van der Waals surface area contributed by atoms with E-state index >= 15 is 0 Å². The summed E-state index contributed by atoms with van der Waals surface area (Å²) in [6.07, 6.45) is 11.4. The van der Waals surface area contributed by atoms with E-state index in [0.29, 0.717) is 0 Å². The average molecular weight is 162 g/mol. The summed E-state index contributed by atoms with van der Waals surface area (Å²) >= 11 is 0. The molecule has 0 nitrogen and oxygen atoms in total. The van der Waals surface area contributed by atoms with Crippen molar-refractivity contribution in [3.8, 4) is 0 Å². The van der Waals surface area contributed by atoms with Gasteiger partial charge in [-0.15, -0.1) is 0 Å². The predicted molar refractivity (Wildman–Crippen MR) is 48.7 cm³/mol. The van der Waals surface area contributed by atoms with Crippen molar-refractivity contribution in [3.63, 3.8) is 0 Å². The number of rotatable bonds is 0. The van der Waals surface area contributed by atoms with E-state index in [2.05, 4.69) is 0 Å². The zero-order valence-corrected chi connectivity index (χ0v) is 7.76. The normalized spacial score (nSPS) is 58.0. The van der Waals surface area contributed by atoms with E-state index in [-0.39, 0.29) is 0 Å². The SMILES string of the molecule is C1C2CC3CC1CC(C2)C31CC1. The molecule has 0 saturated heterocycles. The van der Waals surface area contributed by atoms with Gasteiger partial charge in [0.05, 0.1) is 0 Å². The van der Waals surface area contributed by atoms with E-state index in [1.807, 2.05) is 0 Å². The fourth-order valence-electron chi connectivity index (χ4n) is 5.08. The van der Waals surface area contributed by atoms with Crippen molar-refractivity contribution in [2.75, 3.05) is 0 Å². The fourth-order valence-corrected chi connectivity index (χ4v) is 5.08. The molecule has 1 spiro atoms. The van der Waals surface area contributed by atoms with Gasteiger partial charge in [-0.25, -0.2) is 0 Å². The molecular weight excluding hydrogens is 144 g/mol. The Hall–Kier alpha value is 0. The first-order chi connectivity index (χ1) is 5.87. The highest BCUT2D eigenvalue weighted by atomic mass is 14.7. The van der Waals surface area contributed by atoms with Gasteiger partial charge in [-0.2, -0.15) is 0 Å². The molecule has 0 unspecified atom stereocenters. The zero-order chi connectivity index (χ0) is 7.76. The van der Waals surface area contributed by atoms with Crippen LogP contribution in [-0.4, -0.2) is 0 Å². The van der Waals surface area contributed by atoms with Crippen molar-refractivity contribution >= 4 is 0 Å². The van der Waals surface area contributed by atoms with Crippen LogP contribution in [0.25, 0.3) is 0 Å². The monoisotopic (exact) mass is 162 g/mol. The molecule has 0 heteroatoms. The van der Waals surface area contributed by atoms with Gasteiger partial charge in [0.15, 0.2) is 0 Å². The molecule has 0 aromatic rings. The standard InChI is InChI=1S/C12H18/c1-2-12(1)10-4-8-3-9(6-10)7-11(12)5-8/h8-11H,1-7H2. The van der Waals surface area contributed by atoms with Crippen molar-refractivity contribution < 1.29 is 0 Å². The Morgan fingerprint density at radius 1 is 0.667 bits per heavy atom. The van der Waals surface area contributed by atoms with Crippen molar-refractivity contribution in [3.05, 3.63) is 0 Å². The molecule has 0 amide bonds. The average Bonchev–Trinajstić information content (AvgIpc) is 2.79. The summed E-state index contributed by atoms with van der Waals surface area (Å²) in [5.74, 6) is 4.76. The minimum atomic E-state index is 0.952. The number of hydrogen-bond donors (Lipinski definition) is 0. The molecule has 5 aliphatic carbocycles. The fraction of sp³-hybridized carbons (Fsp3) is 1.00. The Balaban J connectivity index is 1.78. The van der Waals surface area contributed by atoms with Crippen molar-refractivity contribution in [1.82, 2.24) is 0 Å². The van der Waals surface area contributed by atoms with Gasteiger partial charge < -0.3 is 0 Å². The molecular formula is C12H18. The summed E-state index contributed by atoms with van der Waals surface area (Å²) in [7, 11) is 0. The summed E-state index contributed by atoms with van der Waals surface area (Å²) in [5.41, 5.74) is 0.952. The maximum absolute atomic E-state index is 1.63. The molecule has 0 aromatic heterocycles. The van der Waals surface area contributed by atoms with Gasteiger partial charge in [0.2, 0.25) is 0 Å². The van der Waals surface area contributed by atoms with Gasteiger partial charge in [0, 0.05) is 0 Å². The lowest BCUT2D eigenvalue weighted by Crippen LogP contribution is -2.46. The van der Waals surface area contributed by atoms with Crippen LogP contribution >= 0.6 is 0 Å². The molecule has 0 N–H and O–H groups in total. The minimum Gasteiger partial charge on any atom is -0.0475 e. The Morgan fingerprint density at radius 2 is 1.17 bits per heavy atom. The maximum Gasteiger partial charge on any atom is -0.0240 e. The maximum atomic E-state index is 1.63. The highest BCUT2D eigenvalue weighted by Crippen LogP contribution is 2.72. The molecule has 5 saturated carbocycles. The first kappa shape index (κ1) is 6.45. The second-order valence-corrected chi connectivity index (χ2v) is 6.04. The van der Waals surface area contributed by atoms with Gasteiger partial charge in [-0.3, -0.25) is 0 Å². The minimum absolute atomic E-state index is 0.952. The van der Waals surface area contributed by atoms with Crippen LogP contribution in [0.15, 0.2) is 0 Å². The summed E-state index contributed by atoms with van der Waals surface area (Å²) < 4.78 is 0. The second kappa shape index (κ2) is 1.76. The van der Waals surface area contributed by atoms with E-state index < -0.39 is 0 Å². The predicted octanol–water partition coefficient (Wildman–Crippen LogP) is 3.22. The Labute approximate surface area is 74.7 Å². The topological polar surface area (TPSA) is 0 Å². The van der Waals surface area contributed by atoms with Crippen LogP contribution in [-0.2, 0) is 0 Å². The van der Waals surface area contributed by atoms with Crippen LogP contribution in [0, 0.1) is 29.1 Å². The summed E-state index contributed by atoms with van der Waals surface area (Å²) in [4.78, 5) is 0. The van der Waals surface area contributed by atoms with Gasteiger partial charge >= 0.3 is 0 Å². The van der Waals surface area contributed by atoms with Crippen LogP contribution in [0.2, 0.25) is 0 Å². The molecule has 0 atom stereocenters. The molecule has 5 rings (SSSR count). The van der Waals surface area contributed by atoms with E-state index in [1.54, 1.807) is 44.9 Å². The molecule has 0 radical (unpaired) electrons. The Bertz CT molecular complexity index is 194. The molecule has 4 bridgehead atoms. The van der Waals surface area contributed by atoms with Gasteiger partial charge in [-0.1, -0.05) is 0 Å². The molecule has 66 valence electrons. The highest BCUT2D eigenvalue weighted by Gasteiger charge is 2.62. The number of hydrogen-bond acceptors (Lipinski definition) is 0. The summed E-state index contributed by atoms with van der Waals surface area (Å²) in [5, 5.41) is 0. The molecule has 0 heterocycles. The molecule has 0 aliphatic heterocycles.